The summed E-state index contributed by atoms with van der Waals surface area (Å²) in [5.74, 6) is -0.920. The van der Waals surface area contributed by atoms with E-state index in [1.54, 1.807) is 6.07 Å². The molecule has 0 saturated carbocycles. The Morgan fingerprint density at radius 1 is 1.24 bits per heavy atom. The van der Waals surface area contributed by atoms with Crippen molar-refractivity contribution in [1.82, 2.24) is 4.98 Å². The summed E-state index contributed by atoms with van der Waals surface area (Å²) in [6.07, 6.45) is 0.602. The van der Waals surface area contributed by atoms with Crippen LogP contribution in [-0.2, 0) is 6.42 Å². The molecule has 0 unspecified atom stereocenters. The SMILES string of the molecule is CCc1sc(-c2c(O)ccc3ccccc23)nc1C(=O)O. The second kappa shape index (κ2) is 5.18. The molecule has 0 spiro atoms. The highest BCUT2D eigenvalue weighted by atomic mass is 32.1. The minimum Gasteiger partial charge on any atom is -0.507 e. The number of hydrogen-bond donors (Lipinski definition) is 2. The van der Waals surface area contributed by atoms with E-state index < -0.39 is 5.97 Å². The van der Waals surface area contributed by atoms with Crippen molar-refractivity contribution >= 4 is 28.1 Å². The Labute approximate surface area is 125 Å². The predicted octanol–water partition coefficient (Wildman–Crippen LogP) is 3.93. The molecule has 5 heteroatoms. The molecule has 4 nitrogen and oxygen atoms in total. The Bertz CT molecular complexity index is 839. The van der Waals surface area contributed by atoms with E-state index in [9.17, 15) is 15.0 Å². The van der Waals surface area contributed by atoms with E-state index in [0.717, 1.165) is 10.8 Å². The highest BCUT2D eigenvalue weighted by Gasteiger charge is 2.20. The zero-order valence-electron chi connectivity index (χ0n) is 11.3. The fourth-order valence-electron chi connectivity index (χ4n) is 2.35. The van der Waals surface area contributed by atoms with Gasteiger partial charge in [0.1, 0.15) is 10.8 Å². The molecule has 1 heterocycles. The van der Waals surface area contributed by atoms with Gasteiger partial charge in [-0.3, -0.25) is 0 Å². The molecular weight excluding hydrogens is 286 g/mol. The van der Waals surface area contributed by atoms with Gasteiger partial charge in [-0.2, -0.15) is 0 Å². The van der Waals surface area contributed by atoms with Crippen LogP contribution in [0.4, 0.5) is 0 Å². The zero-order chi connectivity index (χ0) is 15.0. The van der Waals surface area contributed by atoms with Crippen molar-refractivity contribution in [3.8, 4) is 16.3 Å². The summed E-state index contributed by atoms with van der Waals surface area (Å²) >= 11 is 1.32. The van der Waals surface area contributed by atoms with Crippen LogP contribution in [0.3, 0.4) is 0 Å². The van der Waals surface area contributed by atoms with E-state index in [1.807, 2.05) is 37.3 Å². The molecule has 0 bridgehead atoms. The average molecular weight is 299 g/mol. The second-order valence-electron chi connectivity index (χ2n) is 4.63. The molecule has 0 aliphatic carbocycles. The van der Waals surface area contributed by atoms with E-state index in [0.29, 0.717) is 21.9 Å². The average Bonchev–Trinajstić information content (AvgIpc) is 2.91. The van der Waals surface area contributed by atoms with Crippen LogP contribution in [0, 0.1) is 0 Å². The third-order valence-corrected chi connectivity index (χ3v) is 4.56. The number of nitrogens with zero attached hydrogens (tertiary/aromatic N) is 1. The zero-order valence-corrected chi connectivity index (χ0v) is 12.1. The molecule has 1 aromatic heterocycles. The third-order valence-electron chi connectivity index (χ3n) is 3.34. The first-order valence-electron chi connectivity index (χ1n) is 6.56. The van der Waals surface area contributed by atoms with E-state index in [1.165, 1.54) is 11.3 Å². The van der Waals surface area contributed by atoms with Crippen LogP contribution in [-0.4, -0.2) is 21.2 Å². The number of carbonyl (C=O) groups is 1. The summed E-state index contributed by atoms with van der Waals surface area (Å²) in [7, 11) is 0. The summed E-state index contributed by atoms with van der Waals surface area (Å²) in [6, 6.07) is 11.1. The van der Waals surface area contributed by atoms with Gasteiger partial charge in [0, 0.05) is 4.88 Å². The fraction of sp³-hybridized carbons (Fsp3) is 0.125. The van der Waals surface area contributed by atoms with E-state index >= 15 is 0 Å². The quantitative estimate of drug-likeness (QED) is 0.768. The lowest BCUT2D eigenvalue weighted by Gasteiger charge is -2.06. The van der Waals surface area contributed by atoms with Crippen LogP contribution in [0.15, 0.2) is 36.4 Å². The molecular formula is C16H13NO3S. The van der Waals surface area contributed by atoms with Gasteiger partial charge in [0.25, 0.3) is 0 Å². The van der Waals surface area contributed by atoms with Crippen molar-refractivity contribution in [2.45, 2.75) is 13.3 Å². The molecule has 2 aromatic carbocycles. The van der Waals surface area contributed by atoms with E-state index in [-0.39, 0.29) is 11.4 Å². The summed E-state index contributed by atoms with van der Waals surface area (Å²) < 4.78 is 0. The molecule has 0 fully saturated rings. The van der Waals surface area contributed by atoms with E-state index in [2.05, 4.69) is 4.98 Å². The third kappa shape index (κ3) is 2.25. The van der Waals surface area contributed by atoms with E-state index in [4.69, 9.17) is 0 Å². The molecule has 106 valence electrons. The van der Waals surface area contributed by atoms with Crippen LogP contribution in [0.25, 0.3) is 21.3 Å². The Morgan fingerprint density at radius 3 is 2.67 bits per heavy atom. The van der Waals surface area contributed by atoms with Crippen LogP contribution < -0.4 is 0 Å². The first kappa shape index (κ1) is 13.6. The van der Waals surface area contributed by atoms with Gasteiger partial charge in [0.2, 0.25) is 0 Å². The number of rotatable bonds is 3. The maximum absolute atomic E-state index is 11.3. The monoisotopic (exact) mass is 299 g/mol. The van der Waals surface area contributed by atoms with Crippen LogP contribution in [0.1, 0.15) is 22.3 Å². The summed E-state index contributed by atoms with van der Waals surface area (Å²) in [6.45, 7) is 1.90. The minimum atomic E-state index is -1.03. The number of aromatic carboxylic acids is 1. The molecule has 0 saturated heterocycles. The summed E-state index contributed by atoms with van der Waals surface area (Å²) in [5.41, 5.74) is 0.671. The smallest absolute Gasteiger partial charge is 0.355 e. The Balaban J connectivity index is 2.30. The molecule has 0 atom stereocenters. The Hall–Kier alpha value is -2.40. The van der Waals surface area contributed by atoms with Crippen LogP contribution >= 0.6 is 11.3 Å². The van der Waals surface area contributed by atoms with Gasteiger partial charge >= 0.3 is 5.97 Å². The normalized spacial score (nSPS) is 10.9. The standard InChI is InChI=1S/C16H13NO3S/c1-2-12-14(16(19)20)17-15(21-12)13-10-6-4-3-5-9(10)7-8-11(13)18/h3-8,18H,2H2,1H3,(H,19,20). The number of carboxylic acids is 1. The van der Waals surface area contributed by atoms with Gasteiger partial charge in [-0.15, -0.1) is 11.3 Å². The van der Waals surface area contributed by atoms with Crippen molar-refractivity contribution in [3.05, 3.63) is 47.0 Å². The lowest BCUT2D eigenvalue weighted by Crippen LogP contribution is -2.00. The largest absolute Gasteiger partial charge is 0.507 e. The fourth-order valence-corrected chi connectivity index (χ4v) is 3.41. The summed E-state index contributed by atoms with van der Waals surface area (Å²) in [4.78, 5) is 16.2. The number of fused-ring (bicyclic) bond motifs is 1. The van der Waals surface area contributed by atoms with Gasteiger partial charge in [-0.25, -0.2) is 9.78 Å². The molecule has 3 aromatic rings. The number of aromatic nitrogens is 1. The first-order valence-corrected chi connectivity index (χ1v) is 7.37. The van der Waals surface area contributed by atoms with Crippen LogP contribution in [0.5, 0.6) is 5.75 Å². The first-order chi connectivity index (χ1) is 10.1. The molecule has 0 radical (unpaired) electrons. The molecule has 3 rings (SSSR count). The lowest BCUT2D eigenvalue weighted by atomic mass is 10.0. The van der Waals surface area contributed by atoms with Gasteiger partial charge in [0.15, 0.2) is 5.69 Å². The van der Waals surface area contributed by atoms with Gasteiger partial charge < -0.3 is 10.2 Å². The van der Waals surface area contributed by atoms with Gasteiger partial charge in [-0.05, 0) is 23.3 Å². The van der Waals surface area contributed by atoms with Crippen molar-refractivity contribution < 1.29 is 15.0 Å². The van der Waals surface area contributed by atoms with Crippen molar-refractivity contribution in [3.63, 3.8) is 0 Å². The molecule has 21 heavy (non-hydrogen) atoms. The molecule has 0 amide bonds. The number of carboxylic acid groups (broad SMARTS) is 1. The van der Waals surface area contributed by atoms with Crippen molar-refractivity contribution in [1.29, 1.82) is 0 Å². The maximum Gasteiger partial charge on any atom is 0.355 e. The van der Waals surface area contributed by atoms with Gasteiger partial charge in [0.05, 0.1) is 5.56 Å². The lowest BCUT2D eigenvalue weighted by molar-refractivity contribution is 0.0690. The van der Waals surface area contributed by atoms with Gasteiger partial charge in [-0.1, -0.05) is 37.3 Å². The maximum atomic E-state index is 11.3. The number of phenolic OH excluding ortho intramolecular Hbond substituents is 1. The topological polar surface area (TPSA) is 70.4 Å². The number of thiazole rings is 1. The van der Waals surface area contributed by atoms with Crippen molar-refractivity contribution in [2.75, 3.05) is 0 Å². The van der Waals surface area contributed by atoms with Crippen molar-refractivity contribution in [2.24, 2.45) is 0 Å². The molecule has 0 aliphatic heterocycles. The number of aromatic hydroxyl groups is 1. The highest BCUT2D eigenvalue weighted by molar-refractivity contribution is 7.15. The summed E-state index contributed by atoms with van der Waals surface area (Å²) in [5, 5.41) is 21.8. The minimum absolute atomic E-state index is 0.0739. The second-order valence-corrected chi connectivity index (χ2v) is 5.71. The Morgan fingerprint density at radius 2 is 2.00 bits per heavy atom. The number of aryl methyl sites for hydroxylation is 1. The van der Waals surface area contributed by atoms with Crippen LogP contribution in [0.2, 0.25) is 0 Å². The highest BCUT2D eigenvalue weighted by Crippen LogP contribution is 2.39. The Kier molecular flexibility index (Phi) is 3.35. The number of benzene rings is 2. The molecule has 0 aliphatic rings. The number of phenols is 1. The molecule has 2 N–H and O–H groups in total. The predicted molar refractivity (Wildman–Crippen MR) is 83.1 cm³/mol. The number of hydrogen-bond acceptors (Lipinski definition) is 4.